The van der Waals surface area contributed by atoms with Crippen molar-refractivity contribution in [2.24, 2.45) is 5.10 Å². The highest BCUT2D eigenvalue weighted by Gasteiger charge is 2.10. The first-order valence-electron chi connectivity index (χ1n) is 8.32. The lowest BCUT2D eigenvalue weighted by Crippen LogP contribution is -2.17. The van der Waals surface area contributed by atoms with E-state index in [1.807, 2.05) is 48.5 Å². The van der Waals surface area contributed by atoms with Gasteiger partial charge in [-0.2, -0.15) is 10.2 Å². The first kappa shape index (κ1) is 17.2. The van der Waals surface area contributed by atoms with Crippen LogP contribution in [0, 0.1) is 0 Å². The molecule has 6 heteroatoms. The number of amides is 1. The standard InChI is InChI=1S/C21H15BrN4O/c22-18-7-3-4-14(10-18)13-23-26-21(27)20-12-19(24-25-20)17-9-8-15-5-1-2-6-16(15)11-17/h1-13H,(H,24,25)(H,26,27)/b23-13+. The average Bonchev–Trinajstić information content (AvgIpc) is 3.18. The van der Waals surface area contributed by atoms with E-state index < -0.39 is 0 Å². The maximum Gasteiger partial charge on any atom is 0.289 e. The number of halogens is 1. The number of aromatic nitrogens is 2. The van der Waals surface area contributed by atoms with Crippen LogP contribution in [0.4, 0.5) is 0 Å². The van der Waals surface area contributed by atoms with Crippen LogP contribution in [0.2, 0.25) is 0 Å². The number of hydrazone groups is 1. The van der Waals surface area contributed by atoms with Gasteiger partial charge in [-0.3, -0.25) is 9.89 Å². The molecule has 2 N–H and O–H groups in total. The number of hydrogen-bond acceptors (Lipinski definition) is 3. The monoisotopic (exact) mass is 418 g/mol. The average molecular weight is 419 g/mol. The van der Waals surface area contributed by atoms with Gasteiger partial charge in [0.1, 0.15) is 5.69 Å². The molecule has 0 aliphatic heterocycles. The van der Waals surface area contributed by atoms with Crippen molar-refractivity contribution in [1.82, 2.24) is 15.6 Å². The molecule has 0 radical (unpaired) electrons. The van der Waals surface area contributed by atoms with Crippen molar-refractivity contribution in [3.63, 3.8) is 0 Å². The van der Waals surface area contributed by atoms with E-state index in [-0.39, 0.29) is 5.91 Å². The molecule has 27 heavy (non-hydrogen) atoms. The summed E-state index contributed by atoms with van der Waals surface area (Å²) in [6.07, 6.45) is 1.59. The van der Waals surface area contributed by atoms with Crippen molar-refractivity contribution in [2.75, 3.05) is 0 Å². The van der Waals surface area contributed by atoms with Crippen molar-refractivity contribution in [3.8, 4) is 11.3 Å². The molecule has 1 aromatic heterocycles. The summed E-state index contributed by atoms with van der Waals surface area (Å²) in [5.74, 6) is -0.346. The van der Waals surface area contributed by atoms with Crippen LogP contribution < -0.4 is 5.43 Å². The molecule has 0 spiro atoms. The van der Waals surface area contributed by atoms with Gasteiger partial charge >= 0.3 is 0 Å². The molecule has 0 atom stereocenters. The predicted octanol–water partition coefficient (Wildman–Crippen LogP) is 4.76. The Kier molecular flexibility index (Phi) is 4.80. The Morgan fingerprint density at radius 3 is 2.70 bits per heavy atom. The number of nitrogens with one attached hydrogen (secondary N) is 2. The molecule has 0 fully saturated rings. The lowest BCUT2D eigenvalue weighted by molar-refractivity contribution is 0.0950. The fourth-order valence-electron chi connectivity index (χ4n) is 2.75. The Labute approximate surface area is 164 Å². The summed E-state index contributed by atoms with van der Waals surface area (Å²) in [4.78, 5) is 12.3. The van der Waals surface area contributed by atoms with Crippen LogP contribution in [0.3, 0.4) is 0 Å². The van der Waals surface area contributed by atoms with Crippen LogP contribution in [-0.4, -0.2) is 22.3 Å². The van der Waals surface area contributed by atoms with E-state index >= 15 is 0 Å². The fourth-order valence-corrected chi connectivity index (χ4v) is 3.16. The minimum atomic E-state index is -0.346. The molecule has 132 valence electrons. The summed E-state index contributed by atoms with van der Waals surface area (Å²) in [5.41, 5.74) is 5.39. The molecule has 0 bridgehead atoms. The third kappa shape index (κ3) is 3.96. The van der Waals surface area contributed by atoms with E-state index in [0.717, 1.165) is 26.4 Å². The van der Waals surface area contributed by atoms with Gasteiger partial charge < -0.3 is 0 Å². The van der Waals surface area contributed by atoms with Gasteiger partial charge in [0.25, 0.3) is 5.91 Å². The number of benzene rings is 3. The van der Waals surface area contributed by atoms with Crippen molar-refractivity contribution in [2.45, 2.75) is 0 Å². The lowest BCUT2D eigenvalue weighted by atomic mass is 10.1. The smallest absolute Gasteiger partial charge is 0.272 e. The van der Waals surface area contributed by atoms with E-state index in [1.54, 1.807) is 12.3 Å². The molecular formula is C21H15BrN4O. The molecule has 1 heterocycles. The first-order valence-corrected chi connectivity index (χ1v) is 9.12. The van der Waals surface area contributed by atoms with E-state index in [2.05, 4.69) is 54.9 Å². The summed E-state index contributed by atoms with van der Waals surface area (Å²) < 4.78 is 0.950. The Hall–Kier alpha value is -3.25. The minimum absolute atomic E-state index is 0.346. The highest BCUT2D eigenvalue weighted by Crippen LogP contribution is 2.23. The maximum absolute atomic E-state index is 12.3. The van der Waals surface area contributed by atoms with E-state index in [9.17, 15) is 4.79 Å². The molecule has 5 nitrogen and oxygen atoms in total. The molecule has 0 saturated carbocycles. The molecule has 4 rings (SSSR count). The highest BCUT2D eigenvalue weighted by atomic mass is 79.9. The normalized spacial score (nSPS) is 11.1. The number of H-pyrrole nitrogens is 1. The third-order valence-corrected chi connectivity index (χ3v) is 4.59. The highest BCUT2D eigenvalue weighted by molar-refractivity contribution is 9.10. The van der Waals surface area contributed by atoms with Crippen LogP contribution in [-0.2, 0) is 0 Å². The second-order valence-corrected chi connectivity index (χ2v) is 6.90. The molecule has 0 aliphatic carbocycles. The number of aromatic amines is 1. The number of rotatable bonds is 4. The van der Waals surface area contributed by atoms with E-state index in [4.69, 9.17) is 0 Å². The summed E-state index contributed by atoms with van der Waals surface area (Å²) in [6.45, 7) is 0. The topological polar surface area (TPSA) is 70.1 Å². The molecule has 3 aromatic carbocycles. The number of carbonyl (C=O) groups is 1. The van der Waals surface area contributed by atoms with Gasteiger partial charge in [-0.1, -0.05) is 64.5 Å². The first-order chi connectivity index (χ1) is 13.2. The van der Waals surface area contributed by atoms with Crippen molar-refractivity contribution in [1.29, 1.82) is 0 Å². The van der Waals surface area contributed by atoms with Gasteiger partial charge in [0.2, 0.25) is 0 Å². The Bertz CT molecular complexity index is 1150. The lowest BCUT2D eigenvalue weighted by Gasteiger charge is -2.00. The third-order valence-electron chi connectivity index (χ3n) is 4.10. The molecule has 1 amide bonds. The zero-order valence-corrected chi connectivity index (χ0v) is 15.8. The van der Waals surface area contributed by atoms with Gasteiger partial charge in [-0.25, -0.2) is 5.43 Å². The maximum atomic E-state index is 12.3. The van der Waals surface area contributed by atoms with Gasteiger partial charge in [0.05, 0.1) is 11.9 Å². The fraction of sp³-hybridized carbons (Fsp3) is 0. The second kappa shape index (κ2) is 7.55. The molecule has 0 saturated heterocycles. The van der Waals surface area contributed by atoms with Crippen LogP contribution >= 0.6 is 15.9 Å². The van der Waals surface area contributed by atoms with E-state index in [1.165, 1.54) is 0 Å². The Morgan fingerprint density at radius 1 is 1.00 bits per heavy atom. The number of hydrogen-bond donors (Lipinski definition) is 2. The molecule has 0 unspecified atom stereocenters. The van der Waals surface area contributed by atoms with Gasteiger partial charge in [-0.15, -0.1) is 0 Å². The molecule has 0 aliphatic rings. The summed E-state index contributed by atoms with van der Waals surface area (Å²) in [6, 6.07) is 23.6. The van der Waals surface area contributed by atoms with Gasteiger partial charge in [-0.05, 0) is 40.6 Å². The Balaban J connectivity index is 1.48. The zero-order valence-electron chi connectivity index (χ0n) is 14.2. The van der Waals surface area contributed by atoms with Crippen LogP contribution in [0.5, 0.6) is 0 Å². The van der Waals surface area contributed by atoms with Crippen molar-refractivity contribution >= 4 is 38.8 Å². The Morgan fingerprint density at radius 2 is 1.85 bits per heavy atom. The van der Waals surface area contributed by atoms with Gasteiger partial charge in [0.15, 0.2) is 0 Å². The summed E-state index contributed by atoms with van der Waals surface area (Å²) in [5, 5.41) is 13.3. The number of carbonyl (C=O) groups excluding carboxylic acids is 1. The number of nitrogens with zero attached hydrogens (tertiary/aromatic N) is 2. The summed E-state index contributed by atoms with van der Waals surface area (Å²) >= 11 is 3.40. The van der Waals surface area contributed by atoms with Crippen molar-refractivity contribution < 1.29 is 4.79 Å². The van der Waals surface area contributed by atoms with Crippen LogP contribution in [0.1, 0.15) is 16.1 Å². The SMILES string of the molecule is O=C(N/N=C/c1cccc(Br)c1)c1cc(-c2ccc3ccccc3c2)n[nH]1. The summed E-state index contributed by atoms with van der Waals surface area (Å²) in [7, 11) is 0. The van der Waals surface area contributed by atoms with Crippen molar-refractivity contribution in [3.05, 3.63) is 88.5 Å². The second-order valence-electron chi connectivity index (χ2n) is 5.98. The minimum Gasteiger partial charge on any atom is -0.272 e. The van der Waals surface area contributed by atoms with E-state index in [0.29, 0.717) is 11.4 Å². The van der Waals surface area contributed by atoms with Crippen LogP contribution in [0.15, 0.2) is 82.4 Å². The quantitative estimate of drug-likeness (QED) is 0.370. The zero-order chi connectivity index (χ0) is 18.6. The largest absolute Gasteiger partial charge is 0.289 e. The molecular weight excluding hydrogens is 404 g/mol. The molecule has 4 aromatic rings. The predicted molar refractivity (Wildman–Crippen MR) is 111 cm³/mol. The van der Waals surface area contributed by atoms with Gasteiger partial charge in [0, 0.05) is 10.0 Å². The van der Waals surface area contributed by atoms with Crippen LogP contribution in [0.25, 0.3) is 22.0 Å². The number of fused-ring (bicyclic) bond motifs is 1.